The monoisotopic (exact) mass is 280 g/mol. The molecule has 0 saturated carbocycles. The Kier molecular flexibility index (Phi) is 5.17. The zero-order valence-corrected chi connectivity index (χ0v) is 12.0. The Bertz CT molecular complexity index is 470. The van der Waals surface area contributed by atoms with Crippen LogP contribution in [0.1, 0.15) is 23.3 Å². The van der Waals surface area contributed by atoms with Gasteiger partial charge in [0.15, 0.2) is 0 Å². The molecule has 0 spiro atoms. The van der Waals surface area contributed by atoms with Crippen molar-refractivity contribution in [1.29, 1.82) is 0 Å². The lowest BCUT2D eigenvalue weighted by atomic mass is 9.95. The van der Waals surface area contributed by atoms with E-state index in [4.69, 9.17) is 11.6 Å². The van der Waals surface area contributed by atoms with Gasteiger partial charge in [-0.2, -0.15) is 0 Å². The summed E-state index contributed by atoms with van der Waals surface area (Å²) in [6, 6.07) is 8.14. The molecular weight excluding hydrogens is 264 g/mol. The number of benzene rings is 1. The van der Waals surface area contributed by atoms with Crippen molar-refractivity contribution in [3.63, 3.8) is 0 Å². The highest BCUT2D eigenvalue weighted by atomic mass is 35.5. The Morgan fingerprint density at radius 3 is 3.00 bits per heavy atom. The molecule has 2 aromatic rings. The summed E-state index contributed by atoms with van der Waals surface area (Å²) in [5.74, 6) is 0.448. The van der Waals surface area contributed by atoms with Crippen molar-refractivity contribution in [3.8, 4) is 0 Å². The average molecular weight is 281 g/mol. The van der Waals surface area contributed by atoms with Crippen molar-refractivity contribution in [2.24, 2.45) is 0 Å². The molecule has 1 atom stereocenters. The average Bonchev–Trinajstić information content (AvgIpc) is 2.87. The number of halogens is 1. The van der Waals surface area contributed by atoms with Gasteiger partial charge in [-0.1, -0.05) is 30.7 Å². The van der Waals surface area contributed by atoms with E-state index in [9.17, 15) is 0 Å². The molecule has 0 fully saturated rings. The fourth-order valence-electron chi connectivity index (χ4n) is 1.97. The number of nitrogens with one attached hydrogen (secondary N) is 1. The molecule has 4 heteroatoms. The van der Waals surface area contributed by atoms with E-state index in [-0.39, 0.29) is 0 Å². The highest BCUT2D eigenvalue weighted by Crippen LogP contribution is 2.24. The quantitative estimate of drug-likeness (QED) is 0.872. The Hall–Kier alpha value is -0.900. The van der Waals surface area contributed by atoms with Crippen LogP contribution in [-0.2, 0) is 6.42 Å². The van der Waals surface area contributed by atoms with E-state index >= 15 is 0 Å². The van der Waals surface area contributed by atoms with Gasteiger partial charge in [0, 0.05) is 28.6 Å². The summed E-state index contributed by atoms with van der Waals surface area (Å²) < 4.78 is 0. The lowest BCUT2D eigenvalue weighted by Gasteiger charge is -2.17. The van der Waals surface area contributed by atoms with Gasteiger partial charge >= 0.3 is 0 Å². The molecule has 1 aromatic heterocycles. The van der Waals surface area contributed by atoms with Crippen LogP contribution in [0.2, 0.25) is 5.02 Å². The highest BCUT2D eigenvalue weighted by molar-refractivity contribution is 7.09. The molecule has 2 rings (SSSR count). The van der Waals surface area contributed by atoms with Crippen molar-refractivity contribution >= 4 is 22.9 Å². The first kappa shape index (κ1) is 13.5. The van der Waals surface area contributed by atoms with Crippen molar-refractivity contribution in [2.45, 2.75) is 19.3 Å². The molecule has 1 unspecified atom stereocenters. The van der Waals surface area contributed by atoms with Gasteiger partial charge in [-0.25, -0.2) is 0 Å². The number of likely N-dealkylation sites (N-methyl/N-ethyl adjacent to an activating group) is 1. The molecule has 2 nitrogen and oxygen atoms in total. The maximum absolute atomic E-state index is 6.07. The minimum absolute atomic E-state index is 0.448. The molecule has 0 aliphatic carbocycles. The second-order valence-electron chi connectivity index (χ2n) is 4.23. The summed E-state index contributed by atoms with van der Waals surface area (Å²) in [7, 11) is 0. The summed E-state index contributed by atoms with van der Waals surface area (Å²) in [5.41, 5.74) is 3.18. The maximum atomic E-state index is 6.07. The summed E-state index contributed by atoms with van der Waals surface area (Å²) in [6.07, 6.45) is 2.96. The third-order valence-corrected chi connectivity index (χ3v) is 3.93. The first-order valence-electron chi connectivity index (χ1n) is 6.13. The molecule has 0 amide bonds. The summed E-state index contributed by atoms with van der Waals surface area (Å²) in [5, 5.41) is 4.22. The number of nitrogens with zero attached hydrogens (tertiary/aromatic N) is 1. The molecule has 0 saturated heterocycles. The van der Waals surface area contributed by atoms with E-state index in [1.807, 2.05) is 23.8 Å². The highest BCUT2D eigenvalue weighted by Gasteiger charge is 2.13. The topological polar surface area (TPSA) is 24.9 Å². The van der Waals surface area contributed by atoms with Gasteiger partial charge in [0.25, 0.3) is 0 Å². The SMILES string of the molecule is CCNCC(Cc1cncs1)c1cccc(Cl)c1. The first-order chi connectivity index (χ1) is 8.79. The van der Waals surface area contributed by atoms with Gasteiger partial charge in [0.2, 0.25) is 0 Å². The largest absolute Gasteiger partial charge is 0.316 e. The van der Waals surface area contributed by atoms with Crippen LogP contribution in [-0.4, -0.2) is 18.1 Å². The number of thiazole rings is 1. The minimum Gasteiger partial charge on any atom is -0.316 e. The number of hydrogen-bond acceptors (Lipinski definition) is 3. The van der Waals surface area contributed by atoms with E-state index in [2.05, 4.69) is 29.4 Å². The van der Waals surface area contributed by atoms with Crippen LogP contribution < -0.4 is 5.32 Å². The standard InChI is InChI=1S/C14H17ClN2S/c1-2-16-8-12(7-14-9-17-10-18-14)11-4-3-5-13(15)6-11/h3-6,9-10,12,16H,2,7-8H2,1H3. The van der Waals surface area contributed by atoms with Gasteiger partial charge in [-0.15, -0.1) is 11.3 Å². The van der Waals surface area contributed by atoms with Gasteiger partial charge in [0.05, 0.1) is 5.51 Å². The van der Waals surface area contributed by atoms with E-state index in [0.29, 0.717) is 5.92 Å². The van der Waals surface area contributed by atoms with Crippen molar-refractivity contribution in [2.75, 3.05) is 13.1 Å². The predicted molar refractivity (Wildman–Crippen MR) is 78.6 cm³/mol. The first-order valence-corrected chi connectivity index (χ1v) is 7.39. The normalized spacial score (nSPS) is 12.6. The fraction of sp³-hybridized carbons (Fsp3) is 0.357. The molecule has 0 aliphatic rings. The Balaban J connectivity index is 2.13. The van der Waals surface area contributed by atoms with Crippen LogP contribution in [0.3, 0.4) is 0 Å². The minimum atomic E-state index is 0.448. The Morgan fingerprint density at radius 2 is 2.33 bits per heavy atom. The smallest absolute Gasteiger partial charge is 0.0794 e. The van der Waals surface area contributed by atoms with Crippen LogP contribution in [0.25, 0.3) is 0 Å². The van der Waals surface area contributed by atoms with E-state index in [1.165, 1.54) is 10.4 Å². The molecule has 1 aromatic carbocycles. The molecule has 1 N–H and O–H groups in total. The van der Waals surface area contributed by atoms with E-state index in [1.54, 1.807) is 11.3 Å². The summed E-state index contributed by atoms with van der Waals surface area (Å²) in [6.45, 7) is 4.08. The zero-order chi connectivity index (χ0) is 12.8. The zero-order valence-electron chi connectivity index (χ0n) is 10.4. The van der Waals surface area contributed by atoms with Gasteiger partial charge in [-0.05, 0) is 30.7 Å². The third kappa shape index (κ3) is 3.80. The third-order valence-electron chi connectivity index (χ3n) is 2.89. The lowest BCUT2D eigenvalue weighted by molar-refractivity contribution is 0.598. The van der Waals surface area contributed by atoms with Gasteiger partial charge < -0.3 is 5.32 Å². The molecular formula is C14H17ClN2S. The van der Waals surface area contributed by atoms with Crippen molar-refractivity contribution in [1.82, 2.24) is 10.3 Å². The second-order valence-corrected chi connectivity index (χ2v) is 5.64. The molecule has 96 valence electrons. The van der Waals surface area contributed by atoms with Crippen molar-refractivity contribution < 1.29 is 0 Å². The summed E-state index contributed by atoms with van der Waals surface area (Å²) in [4.78, 5) is 5.46. The number of rotatable bonds is 6. The van der Waals surface area contributed by atoms with Crippen molar-refractivity contribution in [3.05, 3.63) is 51.4 Å². The fourth-order valence-corrected chi connectivity index (χ4v) is 2.85. The molecule has 0 radical (unpaired) electrons. The molecule has 0 bridgehead atoms. The lowest BCUT2D eigenvalue weighted by Crippen LogP contribution is -2.22. The Labute approximate surface area is 117 Å². The van der Waals surface area contributed by atoms with E-state index in [0.717, 1.165) is 24.5 Å². The van der Waals surface area contributed by atoms with Crippen LogP contribution in [0.4, 0.5) is 0 Å². The molecule has 18 heavy (non-hydrogen) atoms. The van der Waals surface area contributed by atoms with Crippen LogP contribution >= 0.6 is 22.9 Å². The summed E-state index contributed by atoms with van der Waals surface area (Å²) >= 11 is 7.79. The molecule has 1 heterocycles. The predicted octanol–water partition coefficient (Wildman–Crippen LogP) is 3.73. The van der Waals surface area contributed by atoms with Gasteiger partial charge in [0.1, 0.15) is 0 Å². The van der Waals surface area contributed by atoms with Crippen LogP contribution in [0, 0.1) is 0 Å². The number of aromatic nitrogens is 1. The van der Waals surface area contributed by atoms with Crippen LogP contribution in [0.15, 0.2) is 36.0 Å². The molecule has 0 aliphatic heterocycles. The van der Waals surface area contributed by atoms with Crippen LogP contribution in [0.5, 0.6) is 0 Å². The number of hydrogen-bond donors (Lipinski definition) is 1. The van der Waals surface area contributed by atoms with E-state index < -0.39 is 0 Å². The Morgan fingerprint density at radius 1 is 1.44 bits per heavy atom. The maximum Gasteiger partial charge on any atom is 0.0794 e. The van der Waals surface area contributed by atoms with Gasteiger partial charge in [-0.3, -0.25) is 4.98 Å². The second kappa shape index (κ2) is 6.88.